The SMILES string of the molecule is COC1CCN(C(=O)[C@@H]2CCCN(c3ccc(Cl)c(-c4nc5ccc(F)cc5[nH]4)c3)C2)CC1. The van der Waals surface area contributed by atoms with Gasteiger partial charge in [0.1, 0.15) is 11.6 Å². The molecular weight excluding hydrogens is 443 g/mol. The third-order valence-corrected chi connectivity index (χ3v) is 7.20. The number of hydrogen-bond donors (Lipinski definition) is 1. The number of piperidine rings is 2. The lowest BCUT2D eigenvalue weighted by Crippen LogP contribution is -2.48. The minimum atomic E-state index is -0.312. The Morgan fingerprint density at radius 2 is 1.97 bits per heavy atom. The number of aromatic nitrogens is 2. The van der Waals surface area contributed by atoms with Crippen LogP contribution < -0.4 is 4.90 Å². The molecule has 1 aromatic heterocycles. The van der Waals surface area contributed by atoms with Crippen LogP contribution in [0.25, 0.3) is 22.4 Å². The van der Waals surface area contributed by atoms with Crippen LogP contribution in [0.2, 0.25) is 5.02 Å². The molecule has 6 nitrogen and oxygen atoms in total. The number of aromatic amines is 1. The number of benzene rings is 2. The van der Waals surface area contributed by atoms with Crippen LogP contribution in [0.15, 0.2) is 36.4 Å². The summed E-state index contributed by atoms with van der Waals surface area (Å²) in [5.74, 6) is 0.537. The van der Waals surface area contributed by atoms with E-state index in [1.54, 1.807) is 13.2 Å². The van der Waals surface area contributed by atoms with Crippen molar-refractivity contribution in [3.8, 4) is 11.4 Å². The molecule has 33 heavy (non-hydrogen) atoms. The van der Waals surface area contributed by atoms with Gasteiger partial charge < -0.3 is 19.5 Å². The largest absolute Gasteiger partial charge is 0.381 e. The lowest BCUT2D eigenvalue weighted by Gasteiger charge is -2.38. The first-order valence-electron chi connectivity index (χ1n) is 11.5. The average Bonchev–Trinajstić information content (AvgIpc) is 3.27. The molecule has 1 amide bonds. The second kappa shape index (κ2) is 9.31. The number of imidazole rings is 1. The molecule has 3 aromatic rings. The van der Waals surface area contributed by atoms with E-state index in [-0.39, 0.29) is 23.7 Å². The van der Waals surface area contributed by atoms with E-state index in [1.807, 2.05) is 23.1 Å². The summed E-state index contributed by atoms with van der Waals surface area (Å²) >= 11 is 6.51. The molecule has 2 fully saturated rings. The molecule has 3 heterocycles. The van der Waals surface area contributed by atoms with Gasteiger partial charge in [0.25, 0.3) is 0 Å². The minimum Gasteiger partial charge on any atom is -0.381 e. The zero-order valence-electron chi connectivity index (χ0n) is 18.7. The first-order valence-corrected chi connectivity index (χ1v) is 11.9. The van der Waals surface area contributed by atoms with Crippen molar-refractivity contribution < 1.29 is 13.9 Å². The third kappa shape index (κ3) is 4.57. The van der Waals surface area contributed by atoms with Crippen LogP contribution >= 0.6 is 11.6 Å². The highest BCUT2D eigenvalue weighted by Gasteiger charge is 2.31. The van der Waals surface area contributed by atoms with Gasteiger partial charge in [0, 0.05) is 44.5 Å². The monoisotopic (exact) mass is 470 g/mol. The standard InChI is InChI=1S/C25H28ClFN4O2/c1-33-19-8-11-30(12-9-19)25(32)16-3-2-10-31(15-16)18-5-6-21(26)20(14-18)24-28-22-7-4-17(27)13-23(22)29-24/h4-7,13-14,16,19H,2-3,8-12,15H2,1H3,(H,28,29)/t16-/m1/s1. The number of carbonyl (C=O) groups is 1. The van der Waals surface area contributed by atoms with Gasteiger partial charge in [-0.1, -0.05) is 11.6 Å². The molecule has 2 aliphatic rings. The fourth-order valence-electron chi connectivity index (χ4n) is 4.98. The molecule has 0 bridgehead atoms. The quantitative estimate of drug-likeness (QED) is 0.590. The Bertz CT molecular complexity index is 1160. The van der Waals surface area contributed by atoms with Gasteiger partial charge in [0.15, 0.2) is 0 Å². The normalized spacial score (nSPS) is 19.9. The number of anilines is 1. The Morgan fingerprint density at radius 3 is 2.76 bits per heavy atom. The summed E-state index contributed by atoms with van der Waals surface area (Å²) in [6.45, 7) is 3.12. The van der Waals surface area contributed by atoms with Crippen LogP contribution in [0.5, 0.6) is 0 Å². The zero-order valence-corrected chi connectivity index (χ0v) is 19.4. The minimum absolute atomic E-state index is 0.00820. The number of methoxy groups -OCH3 is 1. The van der Waals surface area contributed by atoms with Gasteiger partial charge >= 0.3 is 0 Å². The number of nitrogens with one attached hydrogen (secondary N) is 1. The van der Waals surface area contributed by atoms with Gasteiger partial charge in [-0.2, -0.15) is 0 Å². The van der Waals surface area contributed by atoms with Gasteiger partial charge in [-0.25, -0.2) is 9.37 Å². The highest BCUT2D eigenvalue weighted by molar-refractivity contribution is 6.33. The van der Waals surface area contributed by atoms with E-state index in [2.05, 4.69) is 14.9 Å². The molecule has 0 radical (unpaired) electrons. The predicted octanol–water partition coefficient (Wildman–Crippen LogP) is 4.88. The third-order valence-electron chi connectivity index (χ3n) is 6.87. The predicted molar refractivity (Wildman–Crippen MR) is 128 cm³/mol. The van der Waals surface area contributed by atoms with Crippen LogP contribution in [-0.2, 0) is 9.53 Å². The summed E-state index contributed by atoms with van der Waals surface area (Å²) in [5, 5.41) is 0.573. The fourth-order valence-corrected chi connectivity index (χ4v) is 5.19. The molecule has 2 aliphatic heterocycles. The van der Waals surface area contributed by atoms with Crippen molar-refractivity contribution in [2.75, 3.05) is 38.2 Å². The first-order chi connectivity index (χ1) is 16.0. The van der Waals surface area contributed by atoms with E-state index in [0.29, 0.717) is 28.4 Å². The van der Waals surface area contributed by atoms with Gasteiger partial charge in [0.2, 0.25) is 5.91 Å². The summed E-state index contributed by atoms with van der Waals surface area (Å²) in [5.41, 5.74) is 3.10. The van der Waals surface area contributed by atoms with Gasteiger partial charge in [-0.3, -0.25) is 4.79 Å². The Labute approximate surface area is 197 Å². The van der Waals surface area contributed by atoms with E-state index >= 15 is 0 Å². The number of amides is 1. The molecule has 0 saturated carbocycles. The van der Waals surface area contributed by atoms with Crippen LogP contribution in [0, 0.1) is 11.7 Å². The number of fused-ring (bicyclic) bond motifs is 1. The molecule has 0 unspecified atom stereocenters. The molecule has 1 N–H and O–H groups in total. The van der Waals surface area contributed by atoms with E-state index < -0.39 is 0 Å². The van der Waals surface area contributed by atoms with Crippen molar-refractivity contribution in [2.24, 2.45) is 5.92 Å². The number of rotatable bonds is 4. The van der Waals surface area contributed by atoms with Crippen molar-refractivity contribution >= 4 is 34.2 Å². The molecule has 5 rings (SSSR count). The maximum Gasteiger partial charge on any atom is 0.227 e. The number of carbonyl (C=O) groups excluding carboxylic acids is 1. The van der Waals surface area contributed by atoms with Gasteiger partial charge in [-0.15, -0.1) is 0 Å². The Kier molecular flexibility index (Phi) is 6.25. The van der Waals surface area contributed by atoms with Gasteiger partial charge in [-0.05, 0) is 62.1 Å². The molecule has 0 spiro atoms. The first kappa shape index (κ1) is 22.2. The average molecular weight is 471 g/mol. The number of likely N-dealkylation sites (tertiary alicyclic amines) is 1. The number of nitrogens with zero attached hydrogens (tertiary/aromatic N) is 3. The summed E-state index contributed by atoms with van der Waals surface area (Å²) in [4.78, 5) is 25.2. The van der Waals surface area contributed by atoms with E-state index in [0.717, 1.165) is 56.6 Å². The highest BCUT2D eigenvalue weighted by Crippen LogP contribution is 2.33. The van der Waals surface area contributed by atoms with Crippen LogP contribution in [0.4, 0.5) is 10.1 Å². The summed E-state index contributed by atoms with van der Waals surface area (Å²) in [6, 6.07) is 10.3. The molecule has 8 heteroatoms. The van der Waals surface area contributed by atoms with E-state index in [4.69, 9.17) is 16.3 Å². The smallest absolute Gasteiger partial charge is 0.227 e. The summed E-state index contributed by atoms with van der Waals surface area (Å²) in [7, 11) is 1.74. The summed E-state index contributed by atoms with van der Waals surface area (Å²) < 4.78 is 19.0. The van der Waals surface area contributed by atoms with Crippen molar-refractivity contribution in [2.45, 2.75) is 31.8 Å². The van der Waals surface area contributed by atoms with Crippen LogP contribution in [0.3, 0.4) is 0 Å². The van der Waals surface area contributed by atoms with Crippen LogP contribution in [-0.4, -0.2) is 60.2 Å². The second-order valence-electron chi connectivity index (χ2n) is 8.96. The lowest BCUT2D eigenvalue weighted by molar-refractivity contribution is -0.138. The molecule has 1 atom stereocenters. The van der Waals surface area contributed by atoms with Gasteiger partial charge in [0.05, 0.1) is 28.1 Å². The van der Waals surface area contributed by atoms with Crippen molar-refractivity contribution in [1.82, 2.24) is 14.9 Å². The number of hydrogen-bond acceptors (Lipinski definition) is 4. The molecule has 2 saturated heterocycles. The number of H-pyrrole nitrogens is 1. The maximum atomic E-state index is 13.6. The second-order valence-corrected chi connectivity index (χ2v) is 9.36. The maximum absolute atomic E-state index is 13.6. The van der Waals surface area contributed by atoms with E-state index in [9.17, 15) is 9.18 Å². The van der Waals surface area contributed by atoms with E-state index in [1.165, 1.54) is 12.1 Å². The van der Waals surface area contributed by atoms with Crippen molar-refractivity contribution in [3.63, 3.8) is 0 Å². The molecule has 174 valence electrons. The lowest BCUT2D eigenvalue weighted by atomic mass is 9.94. The van der Waals surface area contributed by atoms with Crippen molar-refractivity contribution in [1.29, 1.82) is 0 Å². The molecule has 0 aliphatic carbocycles. The number of ether oxygens (including phenoxy) is 1. The Morgan fingerprint density at radius 1 is 1.15 bits per heavy atom. The summed E-state index contributed by atoms with van der Waals surface area (Å²) in [6.07, 6.45) is 3.95. The number of halogens is 2. The topological polar surface area (TPSA) is 61.5 Å². The van der Waals surface area contributed by atoms with Crippen molar-refractivity contribution in [3.05, 3.63) is 47.2 Å². The Hall–Kier alpha value is -2.64. The highest BCUT2D eigenvalue weighted by atomic mass is 35.5. The molecule has 2 aromatic carbocycles. The van der Waals surface area contributed by atoms with Crippen LogP contribution in [0.1, 0.15) is 25.7 Å². The zero-order chi connectivity index (χ0) is 22.9. The fraction of sp³-hybridized carbons (Fsp3) is 0.440. The molecular formula is C25H28ClFN4O2. The Balaban J connectivity index is 1.34.